The Kier molecular flexibility index (Phi) is 3.60. The second kappa shape index (κ2) is 5.54. The van der Waals surface area contributed by atoms with E-state index in [0.29, 0.717) is 11.7 Å². The van der Waals surface area contributed by atoms with Crippen molar-refractivity contribution in [1.29, 1.82) is 0 Å². The average molecular weight is 270 g/mol. The molecule has 1 fully saturated rings. The molecule has 1 atom stereocenters. The highest BCUT2D eigenvalue weighted by atomic mass is 16.1. The van der Waals surface area contributed by atoms with Gasteiger partial charge in [-0.25, -0.2) is 4.98 Å². The summed E-state index contributed by atoms with van der Waals surface area (Å²) in [6, 6.07) is 5.72. The van der Waals surface area contributed by atoms with Crippen molar-refractivity contribution in [1.82, 2.24) is 19.9 Å². The van der Waals surface area contributed by atoms with Crippen LogP contribution in [-0.4, -0.2) is 32.9 Å². The SMILES string of the molecule is Cc1nc(C2CCN(Cc3ccncc3)C2)cc(=O)[nH]1. The molecule has 0 amide bonds. The van der Waals surface area contributed by atoms with Gasteiger partial charge in [0.1, 0.15) is 5.82 Å². The molecule has 3 heterocycles. The maximum absolute atomic E-state index is 11.5. The van der Waals surface area contributed by atoms with Gasteiger partial charge in [0.25, 0.3) is 5.56 Å². The second-order valence-corrected chi connectivity index (χ2v) is 5.33. The van der Waals surface area contributed by atoms with Crippen LogP contribution >= 0.6 is 0 Å². The summed E-state index contributed by atoms with van der Waals surface area (Å²) in [6.07, 6.45) is 4.70. The molecule has 1 unspecified atom stereocenters. The quantitative estimate of drug-likeness (QED) is 0.917. The Labute approximate surface area is 117 Å². The summed E-state index contributed by atoms with van der Waals surface area (Å²) < 4.78 is 0. The van der Waals surface area contributed by atoms with Crippen LogP contribution < -0.4 is 5.56 Å². The number of hydrogen-bond acceptors (Lipinski definition) is 4. The summed E-state index contributed by atoms with van der Waals surface area (Å²) in [6.45, 7) is 4.76. The van der Waals surface area contributed by atoms with Gasteiger partial charge in [0.05, 0.1) is 5.69 Å². The van der Waals surface area contributed by atoms with Crippen LogP contribution in [0, 0.1) is 6.92 Å². The van der Waals surface area contributed by atoms with Crippen molar-refractivity contribution in [3.8, 4) is 0 Å². The number of rotatable bonds is 3. The van der Waals surface area contributed by atoms with E-state index in [2.05, 4.69) is 19.9 Å². The largest absolute Gasteiger partial charge is 0.311 e. The van der Waals surface area contributed by atoms with E-state index in [-0.39, 0.29) is 5.56 Å². The van der Waals surface area contributed by atoms with Gasteiger partial charge < -0.3 is 4.98 Å². The van der Waals surface area contributed by atoms with Gasteiger partial charge in [-0.3, -0.25) is 14.7 Å². The first-order valence-electron chi connectivity index (χ1n) is 6.90. The number of nitrogens with zero attached hydrogens (tertiary/aromatic N) is 3. The molecular weight excluding hydrogens is 252 g/mol. The average Bonchev–Trinajstić information content (AvgIpc) is 2.87. The number of aromatic amines is 1. The van der Waals surface area contributed by atoms with Crippen LogP contribution in [0.5, 0.6) is 0 Å². The van der Waals surface area contributed by atoms with E-state index < -0.39 is 0 Å². The lowest BCUT2D eigenvalue weighted by molar-refractivity contribution is 0.326. The Bertz CT molecular complexity index is 638. The summed E-state index contributed by atoms with van der Waals surface area (Å²) in [5.74, 6) is 1.05. The molecule has 0 bridgehead atoms. The molecule has 1 saturated heterocycles. The first kappa shape index (κ1) is 13.0. The van der Waals surface area contributed by atoms with E-state index in [1.807, 2.05) is 31.5 Å². The molecule has 5 nitrogen and oxygen atoms in total. The smallest absolute Gasteiger partial charge is 0.251 e. The molecule has 0 saturated carbocycles. The topological polar surface area (TPSA) is 61.9 Å². The van der Waals surface area contributed by atoms with Crippen molar-refractivity contribution >= 4 is 0 Å². The predicted molar refractivity (Wildman–Crippen MR) is 76.5 cm³/mol. The molecule has 1 aliphatic rings. The molecule has 1 aliphatic heterocycles. The highest BCUT2D eigenvalue weighted by Crippen LogP contribution is 2.26. The van der Waals surface area contributed by atoms with E-state index in [1.54, 1.807) is 6.07 Å². The number of aromatic nitrogens is 3. The van der Waals surface area contributed by atoms with Gasteiger partial charge in [-0.2, -0.15) is 0 Å². The molecule has 20 heavy (non-hydrogen) atoms. The molecule has 2 aromatic heterocycles. The third-order valence-corrected chi connectivity index (χ3v) is 3.73. The van der Waals surface area contributed by atoms with Crippen molar-refractivity contribution < 1.29 is 0 Å². The third kappa shape index (κ3) is 2.93. The second-order valence-electron chi connectivity index (χ2n) is 5.33. The van der Waals surface area contributed by atoms with Crippen LogP contribution in [0.2, 0.25) is 0 Å². The lowest BCUT2D eigenvalue weighted by atomic mass is 10.0. The number of pyridine rings is 1. The number of nitrogens with one attached hydrogen (secondary N) is 1. The minimum absolute atomic E-state index is 0.0555. The fourth-order valence-corrected chi connectivity index (χ4v) is 2.78. The Hall–Kier alpha value is -2.01. The van der Waals surface area contributed by atoms with Crippen molar-refractivity contribution in [3.05, 3.63) is 58.0 Å². The van der Waals surface area contributed by atoms with Gasteiger partial charge in [-0.1, -0.05) is 0 Å². The van der Waals surface area contributed by atoms with Gasteiger partial charge in [0.2, 0.25) is 0 Å². The molecule has 104 valence electrons. The van der Waals surface area contributed by atoms with Gasteiger partial charge in [-0.05, 0) is 37.6 Å². The minimum atomic E-state index is -0.0555. The molecule has 5 heteroatoms. The van der Waals surface area contributed by atoms with E-state index in [1.165, 1.54) is 5.56 Å². The fraction of sp³-hybridized carbons (Fsp3) is 0.400. The monoisotopic (exact) mass is 270 g/mol. The first-order valence-corrected chi connectivity index (χ1v) is 6.90. The number of likely N-dealkylation sites (tertiary alicyclic amines) is 1. The van der Waals surface area contributed by atoms with E-state index >= 15 is 0 Å². The lowest BCUT2D eigenvalue weighted by Crippen LogP contribution is -2.20. The maximum Gasteiger partial charge on any atom is 0.251 e. The lowest BCUT2D eigenvalue weighted by Gasteiger charge is -2.15. The molecule has 2 aromatic rings. The van der Waals surface area contributed by atoms with E-state index in [9.17, 15) is 4.79 Å². The molecule has 0 spiro atoms. The fourth-order valence-electron chi connectivity index (χ4n) is 2.78. The molecule has 0 radical (unpaired) electrons. The van der Waals surface area contributed by atoms with E-state index in [4.69, 9.17) is 0 Å². The van der Waals surface area contributed by atoms with Crippen molar-refractivity contribution in [2.45, 2.75) is 25.8 Å². The van der Waals surface area contributed by atoms with Crippen molar-refractivity contribution in [2.24, 2.45) is 0 Å². The summed E-state index contributed by atoms with van der Waals surface area (Å²) in [7, 11) is 0. The van der Waals surface area contributed by atoms with Crippen LogP contribution in [0.15, 0.2) is 35.4 Å². The predicted octanol–water partition coefficient (Wildman–Crippen LogP) is 1.46. The van der Waals surface area contributed by atoms with Gasteiger partial charge >= 0.3 is 0 Å². The van der Waals surface area contributed by atoms with Crippen LogP contribution in [-0.2, 0) is 6.54 Å². The maximum atomic E-state index is 11.5. The Morgan fingerprint density at radius 1 is 1.40 bits per heavy atom. The highest BCUT2D eigenvalue weighted by Gasteiger charge is 2.25. The normalized spacial score (nSPS) is 19.4. The molecule has 0 aromatic carbocycles. The van der Waals surface area contributed by atoms with Gasteiger partial charge in [0.15, 0.2) is 0 Å². The zero-order chi connectivity index (χ0) is 13.9. The van der Waals surface area contributed by atoms with E-state index in [0.717, 1.165) is 31.7 Å². The van der Waals surface area contributed by atoms with Crippen LogP contribution in [0.25, 0.3) is 0 Å². The summed E-state index contributed by atoms with van der Waals surface area (Å²) in [5.41, 5.74) is 2.14. The minimum Gasteiger partial charge on any atom is -0.311 e. The Morgan fingerprint density at radius 3 is 2.95 bits per heavy atom. The zero-order valence-corrected chi connectivity index (χ0v) is 11.5. The van der Waals surface area contributed by atoms with Crippen LogP contribution in [0.3, 0.4) is 0 Å². The van der Waals surface area contributed by atoms with Gasteiger partial charge in [-0.15, -0.1) is 0 Å². The Balaban J connectivity index is 1.69. The first-order chi connectivity index (χ1) is 9.70. The number of aryl methyl sites for hydroxylation is 1. The van der Waals surface area contributed by atoms with Gasteiger partial charge in [0, 0.05) is 37.5 Å². The van der Waals surface area contributed by atoms with Crippen molar-refractivity contribution in [2.75, 3.05) is 13.1 Å². The number of H-pyrrole nitrogens is 1. The standard InChI is InChI=1S/C15H18N4O/c1-11-17-14(8-15(20)18-11)13-4-7-19(10-13)9-12-2-5-16-6-3-12/h2-3,5-6,8,13H,4,7,9-10H2,1H3,(H,17,18,20). The molecular formula is C15H18N4O. The zero-order valence-electron chi connectivity index (χ0n) is 11.5. The van der Waals surface area contributed by atoms with Crippen molar-refractivity contribution in [3.63, 3.8) is 0 Å². The van der Waals surface area contributed by atoms with Crippen LogP contribution in [0.4, 0.5) is 0 Å². The third-order valence-electron chi connectivity index (χ3n) is 3.73. The molecule has 1 N–H and O–H groups in total. The summed E-state index contributed by atoms with van der Waals surface area (Å²) >= 11 is 0. The molecule has 3 rings (SSSR count). The highest BCUT2D eigenvalue weighted by molar-refractivity contribution is 5.13. The Morgan fingerprint density at radius 2 is 2.20 bits per heavy atom. The number of hydrogen-bond donors (Lipinski definition) is 1. The summed E-state index contributed by atoms with van der Waals surface area (Å²) in [4.78, 5) is 25.1. The van der Waals surface area contributed by atoms with Crippen LogP contribution in [0.1, 0.15) is 29.4 Å². The summed E-state index contributed by atoms with van der Waals surface area (Å²) in [5, 5.41) is 0. The molecule has 0 aliphatic carbocycles.